The number of carbonyl (C=O) groups excluding carboxylic acids is 2. The quantitative estimate of drug-likeness (QED) is 0.197. The molecule has 1 atom stereocenters. The molecule has 1 aliphatic rings. The number of phenolic OH excluding ortho intramolecular Hbond substituents is 1. The van der Waals surface area contributed by atoms with Gasteiger partial charge in [0.2, 0.25) is 0 Å². The molecule has 7 heteroatoms. The van der Waals surface area contributed by atoms with Gasteiger partial charge in [-0.25, -0.2) is 0 Å². The number of rotatable bonds is 5. The maximum Gasteiger partial charge on any atom is 0.300 e. The second-order valence-corrected chi connectivity index (χ2v) is 11.7. The van der Waals surface area contributed by atoms with Gasteiger partial charge in [0.15, 0.2) is 0 Å². The van der Waals surface area contributed by atoms with Gasteiger partial charge < -0.3 is 14.9 Å². The van der Waals surface area contributed by atoms with Gasteiger partial charge in [-0.1, -0.05) is 70.5 Å². The molecule has 2 N–H and O–H groups in total. The number of hydrogen-bond acceptors (Lipinski definition) is 5. The zero-order chi connectivity index (χ0) is 28.8. The molecule has 1 unspecified atom stereocenters. The highest BCUT2D eigenvalue weighted by molar-refractivity contribution is 6.52. The first-order chi connectivity index (χ1) is 18.3. The van der Waals surface area contributed by atoms with Crippen molar-refractivity contribution >= 4 is 34.7 Å². The Bertz CT molecular complexity index is 1480. The lowest BCUT2D eigenvalue weighted by molar-refractivity contribution is -0.132. The summed E-state index contributed by atoms with van der Waals surface area (Å²) in [5.41, 5.74) is 3.57. The molecule has 0 saturated carbocycles. The van der Waals surface area contributed by atoms with Crippen molar-refractivity contribution in [1.29, 1.82) is 0 Å². The van der Waals surface area contributed by atoms with Crippen molar-refractivity contribution in [1.82, 2.24) is 0 Å². The van der Waals surface area contributed by atoms with Crippen molar-refractivity contribution in [2.45, 2.75) is 58.9 Å². The number of amides is 1. The van der Waals surface area contributed by atoms with Gasteiger partial charge in [0.1, 0.15) is 17.3 Å². The minimum Gasteiger partial charge on any atom is -0.507 e. The van der Waals surface area contributed by atoms with E-state index in [1.165, 1.54) is 23.1 Å². The molecule has 204 valence electrons. The zero-order valence-corrected chi connectivity index (χ0v) is 24.1. The van der Waals surface area contributed by atoms with Crippen LogP contribution in [0.4, 0.5) is 5.69 Å². The fourth-order valence-electron chi connectivity index (χ4n) is 4.98. The maximum absolute atomic E-state index is 13.6. The Morgan fingerprint density at radius 3 is 2.23 bits per heavy atom. The number of aliphatic hydroxyl groups excluding tert-OH is 1. The van der Waals surface area contributed by atoms with Crippen molar-refractivity contribution in [3.8, 4) is 11.5 Å². The Hall–Kier alpha value is -3.77. The number of aliphatic hydroxyl groups is 1. The summed E-state index contributed by atoms with van der Waals surface area (Å²) in [6.07, 6.45) is 0. The molecule has 4 rings (SSSR count). The smallest absolute Gasteiger partial charge is 0.300 e. The average molecular weight is 548 g/mol. The van der Waals surface area contributed by atoms with E-state index in [1.807, 2.05) is 51.1 Å². The molecule has 0 aliphatic carbocycles. The number of methoxy groups -OCH3 is 1. The van der Waals surface area contributed by atoms with E-state index in [4.69, 9.17) is 16.3 Å². The van der Waals surface area contributed by atoms with Crippen molar-refractivity contribution in [2.24, 2.45) is 0 Å². The fourth-order valence-corrected chi connectivity index (χ4v) is 5.14. The number of aromatic hydroxyl groups is 1. The van der Waals surface area contributed by atoms with E-state index >= 15 is 0 Å². The third-order valence-electron chi connectivity index (χ3n) is 7.19. The summed E-state index contributed by atoms with van der Waals surface area (Å²) in [7, 11) is 1.59. The monoisotopic (exact) mass is 547 g/mol. The van der Waals surface area contributed by atoms with Gasteiger partial charge in [-0.2, -0.15) is 0 Å². The molecular formula is C32H34ClNO5. The molecule has 39 heavy (non-hydrogen) atoms. The summed E-state index contributed by atoms with van der Waals surface area (Å²) in [4.78, 5) is 28.4. The van der Waals surface area contributed by atoms with E-state index in [1.54, 1.807) is 13.2 Å². The largest absolute Gasteiger partial charge is 0.507 e. The number of hydrogen-bond donors (Lipinski definition) is 2. The van der Waals surface area contributed by atoms with Gasteiger partial charge in [-0.3, -0.25) is 14.5 Å². The highest BCUT2D eigenvalue weighted by atomic mass is 35.5. The van der Waals surface area contributed by atoms with E-state index in [0.717, 1.165) is 11.1 Å². The molecule has 1 aliphatic heterocycles. The van der Waals surface area contributed by atoms with Crippen molar-refractivity contribution < 1.29 is 24.5 Å². The van der Waals surface area contributed by atoms with Gasteiger partial charge in [0.25, 0.3) is 11.7 Å². The first-order valence-corrected chi connectivity index (χ1v) is 13.2. The molecular weight excluding hydrogens is 514 g/mol. The van der Waals surface area contributed by atoms with Crippen LogP contribution in [0.25, 0.3) is 5.76 Å². The lowest BCUT2D eigenvalue weighted by Crippen LogP contribution is -2.29. The predicted molar refractivity (Wildman–Crippen MR) is 155 cm³/mol. The second-order valence-electron chi connectivity index (χ2n) is 11.2. The number of benzene rings is 3. The van der Waals surface area contributed by atoms with E-state index < -0.39 is 17.7 Å². The van der Waals surface area contributed by atoms with E-state index in [0.29, 0.717) is 27.5 Å². The minimum absolute atomic E-state index is 0.0640. The van der Waals surface area contributed by atoms with Crippen molar-refractivity contribution in [2.75, 3.05) is 12.0 Å². The van der Waals surface area contributed by atoms with Gasteiger partial charge in [0, 0.05) is 10.6 Å². The van der Waals surface area contributed by atoms with E-state index in [2.05, 4.69) is 20.8 Å². The summed E-state index contributed by atoms with van der Waals surface area (Å²) in [5, 5.41) is 22.7. The van der Waals surface area contributed by atoms with Gasteiger partial charge in [-0.05, 0) is 70.8 Å². The Kier molecular flexibility index (Phi) is 7.55. The molecule has 1 heterocycles. The van der Waals surface area contributed by atoms with Crippen LogP contribution in [0.1, 0.15) is 74.4 Å². The minimum atomic E-state index is -0.993. The Labute approximate surface area is 234 Å². The number of Topliss-reactive ketones (excluding diaryl/α,β-unsaturated/α-hetero) is 1. The first-order valence-electron chi connectivity index (χ1n) is 12.8. The fraction of sp³-hybridized carbons (Fsp3) is 0.312. The molecule has 1 saturated heterocycles. The number of anilines is 1. The molecule has 3 aromatic carbocycles. The lowest BCUT2D eigenvalue weighted by atomic mass is 9.85. The van der Waals surface area contributed by atoms with Crippen LogP contribution in [0.15, 0.2) is 60.2 Å². The van der Waals surface area contributed by atoms with Gasteiger partial charge >= 0.3 is 0 Å². The molecule has 0 spiro atoms. The SMILES string of the molecule is COc1cc(C)c(/C(O)=C2\C(=O)C(=O)N(c3cc(Cl)ccc3O)C2c2ccc(C(C)(C)C)cc2)cc1C(C)C. The molecule has 6 nitrogen and oxygen atoms in total. The molecule has 3 aromatic rings. The third-order valence-corrected chi connectivity index (χ3v) is 7.42. The average Bonchev–Trinajstić information content (AvgIpc) is 3.14. The van der Waals surface area contributed by atoms with Gasteiger partial charge in [0.05, 0.1) is 24.4 Å². The predicted octanol–water partition coefficient (Wildman–Crippen LogP) is 7.41. The van der Waals surface area contributed by atoms with E-state index in [-0.39, 0.29) is 34.1 Å². The maximum atomic E-state index is 13.6. The Balaban J connectivity index is 2.01. The molecule has 0 aromatic heterocycles. The topological polar surface area (TPSA) is 87.1 Å². The number of halogens is 1. The van der Waals surface area contributed by atoms with Crippen LogP contribution in [0.5, 0.6) is 11.5 Å². The number of carbonyl (C=O) groups is 2. The summed E-state index contributed by atoms with van der Waals surface area (Å²) in [5.74, 6) is -1.45. The number of ether oxygens (including phenoxy) is 1. The Morgan fingerprint density at radius 1 is 1.03 bits per heavy atom. The van der Waals surface area contributed by atoms with Gasteiger partial charge in [-0.15, -0.1) is 0 Å². The molecule has 1 fully saturated rings. The normalized spacial score (nSPS) is 17.3. The summed E-state index contributed by atoms with van der Waals surface area (Å²) >= 11 is 6.23. The number of ketones is 1. The highest BCUT2D eigenvalue weighted by Gasteiger charge is 2.48. The number of nitrogens with zero attached hydrogens (tertiary/aromatic N) is 1. The first kappa shape index (κ1) is 28.2. The van der Waals surface area contributed by atoms with E-state index in [9.17, 15) is 19.8 Å². The van der Waals surface area contributed by atoms with Crippen LogP contribution in [0.2, 0.25) is 5.02 Å². The number of aryl methyl sites for hydroxylation is 1. The summed E-state index contributed by atoms with van der Waals surface area (Å²) in [6, 6.07) is 14.5. The summed E-state index contributed by atoms with van der Waals surface area (Å²) < 4.78 is 5.55. The number of phenols is 1. The zero-order valence-electron chi connectivity index (χ0n) is 23.3. The molecule has 0 bridgehead atoms. The lowest BCUT2D eigenvalue weighted by Gasteiger charge is -2.27. The van der Waals surface area contributed by atoms with Crippen LogP contribution in [-0.2, 0) is 15.0 Å². The standard InChI is InChI=1S/C32H34ClNO5/c1-17(2)22-16-23(18(3)14-26(22)39-7)29(36)27-28(19-8-10-20(11-9-19)32(4,5)6)34(31(38)30(27)37)24-15-21(33)12-13-25(24)35/h8-17,28,35-36H,1-7H3/b29-27+. The van der Waals surface area contributed by atoms with Crippen LogP contribution < -0.4 is 9.64 Å². The Morgan fingerprint density at radius 2 is 1.67 bits per heavy atom. The summed E-state index contributed by atoms with van der Waals surface area (Å²) in [6.45, 7) is 12.1. The van der Waals surface area contributed by atoms with Crippen molar-refractivity contribution in [3.05, 3.63) is 93.0 Å². The second kappa shape index (κ2) is 10.4. The van der Waals surface area contributed by atoms with Crippen LogP contribution >= 0.6 is 11.6 Å². The van der Waals surface area contributed by atoms with Crippen molar-refractivity contribution in [3.63, 3.8) is 0 Å². The highest BCUT2D eigenvalue weighted by Crippen LogP contribution is 2.46. The van der Waals surface area contributed by atoms with Crippen LogP contribution in [-0.4, -0.2) is 29.0 Å². The molecule has 0 radical (unpaired) electrons. The van der Waals surface area contributed by atoms with Crippen LogP contribution in [0.3, 0.4) is 0 Å². The van der Waals surface area contributed by atoms with Crippen LogP contribution in [0, 0.1) is 6.92 Å². The molecule has 1 amide bonds. The third kappa shape index (κ3) is 5.13.